The fourth-order valence-electron chi connectivity index (χ4n) is 3.38. The molecule has 0 spiro atoms. The largest absolute Gasteiger partial charge is 0.416 e. The maximum atomic E-state index is 13.1. The fourth-order valence-corrected chi connectivity index (χ4v) is 3.38. The van der Waals surface area contributed by atoms with Crippen LogP contribution in [0.3, 0.4) is 0 Å². The third-order valence-corrected chi connectivity index (χ3v) is 4.98. The molecule has 0 aliphatic rings. The van der Waals surface area contributed by atoms with E-state index in [9.17, 15) is 31.1 Å². The molecule has 4 aromatic rings. The van der Waals surface area contributed by atoms with E-state index in [1.165, 1.54) is 6.07 Å². The molecule has 0 bridgehead atoms. The molecule has 2 aromatic carbocycles. The number of nitrogens with zero attached hydrogens (tertiary/aromatic N) is 2. The Labute approximate surface area is 183 Å². The number of hydrogen-bond donors (Lipinski definition) is 1. The van der Waals surface area contributed by atoms with Crippen LogP contribution in [0.15, 0.2) is 67.0 Å². The quantitative estimate of drug-likeness (QED) is 0.348. The number of imidazole rings is 1. The molecule has 0 aliphatic carbocycles. The number of hydrogen-bond acceptors (Lipinski definition) is 2. The number of alkyl halides is 6. The number of pyridine rings is 1. The van der Waals surface area contributed by atoms with Crippen LogP contribution in [0.2, 0.25) is 0 Å². The van der Waals surface area contributed by atoms with E-state index in [2.05, 4.69) is 10.3 Å². The van der Waals surface area contributed by atoms with Gasteiger partial charge in [0.1, 0.15) is 5.65 Å². The number of amides is 1. The van der Waals surface area contributed by atoms with Gasteiger partial charge >= 0.3 is 12.4 Å². The van der Waals surface area contributed by atoms with E-state index in [4.69, 9.17) is 0 Å². The predicted molar refractivity (Wildman–Crippen MR) is 110 cm³/mol. The summed E-state index contributed by atoms with van der Waals surface area (Å²) in [6.07, 6.45) is -6.62. The number of halogens is 6. The zero-order chi connectivity index (χ0) is 24.0. The van der Waals surface area contributed by atoms with Crippen molar-refractivity contribution in [2.75, 3.05) is 5.32 Å². The second-order valence-corrected chi connectivity index (χ2v) is 7.34. The van der Waals surface area contributed by atoms with E-state index >= 15 is 0 Å². The summed E-state index contributed by atoms with van der Waals surface area (Å²) in [4.78, 5) is 17.2. The molecule has 0 aliphatic heterocycles. The Hall–Kier alpha value is -3.82. The number of fused-ring (bicyclic) bond motifs is 1. The van der Waals surface area contributed by atoms with Crippen LogP contribution in [-0.4, -0.2) is 15.3 Å². The third kappa shape index (κ3) is 4.55. The molecular weight excluding hydrogens is 448 g/mol. The molecule has 0 saturated carbocycles. The van der Waals surface area contributed by atoms with Crippen molar-refractivity contribution < 1.29 is 31.1 Å². The Morgan fingerprint density at radius 1 is 0.909 bits per heavy atom. The fraction of sp³-hybridized carbons (Fsp3) is 0.130. The molecule has 0 radical (unpaired) electrons. The number of nitrogens with one attached hydrogen (secondary N) is 1. The molecule has 4 rings (SSSR count). The first-order valence-corrected chi connectivity index (χ1v) is 9.58. The van der Waals surface area contributed by atoms with E-state index in [1.807, 2.05) is 19.1 Å². The molecule has 170 valence electrons. The number of carbonyl (C=O) groups excluding carboxylic acids is 1. The van der Waals surface area contributed by atoms with Gasteiger partial charge in [0.05, 0.1) is 22.5 Å². The topological polar surface area (TPSA) is 46.4 Å². The Bertz CT molecular complexity index is 1320. The van der Waals surface area contributed by atoms with Crippen molar-refractivity contribution in [3.8, 4) is 11.3 Å². The lowest BCUT2D eigenvalue weighted by Gasteiger charge is -2.15. The summed E-state index contributed by atoms with van der Waals surface area (Å²) >= 11 is 0. The van der Waals surface area contributed by atoms with E-state index in [-0.39, 0.29) is 11.8 Å². The highest BCUT2D eigenvalue weighted by molar-refractivity contribution is 6.06. The molecule has 1 N–H and O–H groups in total. The van der Waals surface area contributed by atoms with Crippen molar-refractivity contribution in [1.82, 2.24) is 9.38 Å². The molecule has 33 heavy (non-hydrogen) atoms. The Balaban J connectivity index is 1.74. The summed E-state index contributed by atoms with van der Waals surface area (Å²) in [5.74, 6) is -1.11. The number of anilines is 1. The smallest absolute Gasteiger partial charge is 0.321 e. The number of benzene rings is 2. The van der Waals surface area contributed by atoms with E-state index in [0.717, 1.165) is 5.56 Å². The standard InChI is InChI=1S/C23H15F6N3O/c1-13-5-4-8-32-12-19(30-20(13)32)17-6-2-3-7-18(17)31-21(33)14-9-15(22(24,25)26)11-16(10-14)23(27,28)29/h2-12H,1H3,(H,31,33). The first-order chi connectivity index (χ1) is 15.4. The molecule has 2 heterocycles. The van der Waals surface area contributed by atoms with Crippen molar-refractivity contribution in [3.05, 3.63) is 89.2 Å². The lowest BCUT2D eigenvalue weighted by Crippen LogP contribution is -2.17. The number of rotatable bonds is 3. The summed E-state index contributed by atoms with van der Waals surface area (Å²) in [6, 6.07) is 10.8. The minimum Gasteiger partial charge on any atom is -0.321 e. The molecule has 0 unspecified atom stereocenters. The van der Waals surface area contributed by atoms with Crippen molar-refractivity contribution in [2.45, 2.75) is 19.3 Å². The van der Waals surface area contributed by atoms with Crippen molar-refractivity contribution in [1.29, 1.82) is 0 Å². The van der Waals surface area contributed by atoms with E-state index in [0.29, 0.717) is 29.0 Å². The van der Waals surface area contributed by atoms with Gasteiger partial charge < -0.3 is 9.72 Å². The number of para-hydroxylation sites is 1. The monoisotopic (exact) mass is 463 g/mol. The summed E-state index contributed by atoms with van der Waals surface area (Å²) in [5.41, 5.74) is -1.21. The van der Waals surface area contributed by atoms with Crippen LogP contribution in [0.1, 0.15) is 27.0 Å². The molecule has 0 fully saturated rings. The average molecular weight is 463 g/mol. The Morgan fingerprint density at radius 3 is 2.15 bits per heavy atom. The van der Waals surface area contributed by atoms with Gasteiger partial charge in [-0.1, -0.05) is 24.3 Å². The van der Waals surface area contributed by atoms with Crippen LogP contribution in [0.5, 0.6) is 0 Å². The van der Waals surface area contributed by atoms with Gasteiger partial charge in [0.25, 0.3) is 5.91 Å². The van der Waals surface area contributed by atoms with Crippen LogP contribution in [0, 0.1) is 6.92 Å². The van der Waals surface area contributed by atoms with Crippen LogP contribution in [0.4, 0.5) is 32.0 Å². The van der Waals surface area contributed by atoms with Crippen LogP contribution >= 0.6 is 0 Å². The van der Waals surface area contributed by atoms with Gasteiger partial charge in [0.2, 0.25) is 0 Å². The minimum absolute atomic E-state index is 0.0241. The summed E-state index contributed by atoms with van der Waals surface area (Å²) < 4.78 is 80.6. The van der Waals surface area contributed by atoms with E-state index < -0.39 is 35.0 Å². The number of aromatic nitrogens is 2. The molecule has 4 nitrogen and oxygen atoms in total. The van der Waals surface area contributed by atoms with E-state index in [1.54, 1.807) is 35.0 Å². The third-order valence-electron chi connectivity index (χ3n) is 4.98. The van der Waals surface area contributed by atoms with Gasteiger partial charge in [-0.3, -0.25) is 4.79 Å². The minimum atomic E-state index is -5.05. The molecule has 10 heteroatoms. The SMILES string of the molecule is Cc1cccn2cc(-c3ccccc3NC(=O)c3cc(C(F)(F)F)cc(C(F)(F)F)c3)nc12. The molecule has 0 saturated heterocycles. The predicted octanol–water partition coefficient (Wildman–Crippen LogP) is 6.60. The number of aryl methyl sites for hydroxylation is 1. The first-order valence-electron chi connectivity index (χ1n) is 9.58. The lowest BCUT2D eigenvalue weighted by atomic mass is 10.0. The Kier molecular flexibility index (Phi) is 5.39. The van der Waals surface area contributed by atoms with Crippen LogP contribution in [-0.2, 0) is 12.4 Å². The van der Waals surface area contributed by atoms with Gasteiger partial charge in [0.15, 0.2) is 0 Å². The maximum Gasteiger partial charge on any atom is 0.416 e. The van der Waals surface area contributed by atoms with Crippen LogP contribution in [0.25, 0.3) is 16.9 Å². The van der Waals surface area contributed by atoms with Crippen molar-refractivity contribution in [3.63, 3.8) is 0 Å². The van der Waals surface area contributed by atoms with Crippen molar-refractivity contribution in [2.24, 2.45) is 0 Å². The molecule has 0 atom stereocenters. The lowest BCUT2D eigenvalue weighted by molar-refractivity contribution is -0.143. The maximum absolute atomic E-state index is 13.1. The summed E-state index contributed by atoms with van der Waals surface area (Å²) in [6.45, 7) is 1.87. The zero-order valence-corrected chi connectivity index (χ0v) is 16.9. The molecular formula is C23H15F6N3O. The van der Waals surface area contributed by atoms with Gasteiger partial charge in [0, 0.05) is 23.5 Å². The summed E-state index contributed by atoms with van der Waals surface area (Å²) in [5, 5.41) is 2.42. The van der Waals surface area contributed by atoms with Gasteiger partial charge in [-0.05, 0) is 42.8 Å². The first kappa shape index (κ1) is 22.4. The average Bonchev–Trinajstić information content (AvgIpc) is 3.18. The number of carbonyl (C=O) groups is 1. The molecule has 1 amide bonds. The zero-order valence-electron chi connectivity index (χ0n) is 16.9. The molecule has 2 aromatic heterocycles. The second kappa shape index (κ2) is 7.95. The highest BCUT2D eigenvalue weighted by atomic mass is 19.4. The second-order valence-electron chi connectivity index (χ2n) is 7.34. The highest BCUT2D eigenvalue weighted by Gasteiger charge is 2.37. The van der Waals surface area contributed by atoms with Gasteiger partial charge in [-0.15, -0.1) is 0 Å². The highest BCUT2D eigenvalue weighted by Crippen LogP contribution is 2.37. The van der Waals surface area contributed by atoms with Crippen molar-refractivity contribution >= 4 is 17.2 Å². The Morgan fingerprint density at radius 2 is 1.55 bits per heavy atom. The normalized spacial score (nSPS) is 12.2. The summed E-state index contributed by atoms with van der Waals surface area (Å²) in [7, 11) is 0. The van der Waals surface area contributed by atoms with Gasteiger partial charge in [-0.2, -0.15) is 26.3 Å². The van der Waals surface area contributed by atoms with Gasteiger partial charge in [-0.25, -0.2) is 4.98 Å². The van der Waals surface area contributed by atoms with Crippen LogP contribution < -0.4 is 5.32 Å².